The van der Waals surface area contributed by atoms with Crippen LogP contribution in [0.3, 0.4) is 0 Å². The summed E-state index contributed by atoms with van der Waals surface area (Å²) in [4.78, 5) is 28.3. The Labute approximate surface area is 254 Å². The van der Waals surface area contributed by atoms with Gasteiger partial charge in [0.05, 0.1) is 18.3 Å². The van der Waals surface area contributed by atoms with Crippen LogP contribution in [0.2, 0.25) is 0 Å². The number of rotatable bonds is 8. The lowest BCUT2D eigenvalue weighted by molar-refractivity contribution is -0.223. The Morgan fingerprint density at radius 3 is 2.47 bits per heavy atom. The summed E-state index contributed by atoms with van der Waals surface area (Å²) in [7, 11) is 0. The van der Waals surface area contributed by atoms with Gasteiger partial charge in [-0.15, -0.1) is 0 Å². The Morgan fingerprint density at radius 1 is 0.977 bits per heavy atom. The molecule has 43 heavy (non-hydrogen) atoms. The van der Waals surface area contributed by atoms with E-state index in [0.29, 0.717) is 30.6 Å². The van der Waals surface area contributed by atoms with Gasteiger partial charge in [-0.2, -0.15) is 0 Å². The molecule has 0 aliphatic heterocycles. The molecule has 12 atom stereocenters. The lowest BCUT2D eigenvalue weighted by atomic mass is 9.43. The zero-order valence-corrected chi connectivity index (χ0v) is 25.8. The molecule has 0 saturated heterocycles. The number of hydrogen-bond acceptors (Lipinski definition) is 5. The minimum absolute atomic E-state index is 0.0358. The highest BCUT2D eigenvalue weighted by Crippen LogP contribution is 2.68. The molecule has 0 radical (unpaired) electrons. The number of amides is 1. The van der Waals surface area contributed by atoms with E-state index in [0.717, 1.165) is 55.0 Å². The number of fused-ring (bicyclic) bond motifs is 6. The summed E-state index contributed by atoms with van der Waals surface area (Å²) in [5, 5.41) is 46.8. The quantitative estimate of drug-likeness (QED) is 0.263. The van der Waals surface area contributed by atoms with Gasteiger partial charge in [-0.3, -0.25) is 4.79 Å². The SMILES string of the molecule is C[C@H](CCC(=O)N[C@@H](Cc1c[nH]c2ccccc12)C(=O)O)[C@H]1CC[C@H]2[C@@H]3[C@@H](O)[C@@H](O)[C@@H]4C[C@H](O)CC[C@]4(C)[C@H]3CC[C@]12C. The Balaban J connectivity index is 1.09. The van der Waals surface area contributed by atoms with Crippen molar-refractivity contribution in [2.24, 2.45) is 46.3 Å². The Hall–Kier alpha value is -2.42. The number of aromatic amines is 1. The summed E-state index contributed by atoms with van der Waals surface area (Å²) in [6.07, 6.45) is 7.50. The average molecular weight is 595 g/mol. The second kappa shape index (κ2) is 11.5. The highest BCUT2D eigenvalue weighted by atomic mass is 16.4. The number of aromatic nitrogens is 1. The largest absolute Gasteiger partial charge is 0.480 e. The Bertz CT molecular complexity index is 1340. The fourth-order valence-electron chi connectivity index (χ4n) is 10.8. The molecule has 2 aromatic rings. The molecular formula is C35H50N2O6. The lowest BCUT2D eigenvalue weighted by Gasteiger charge is -2.63. The average Bonchev–Trinajstić information content (AvgIpc) is 3.55. The van der Waals surface area contributed by atoms with Crippen molar-refractivity contribution in [1.82, 2.24) is 10.3 Å². The molecule has 236 valence electrons. The van der Waals surface area contributed by atoms with E-state index in [1.54, 1.807) is 0 Å². The van der Waals surface area contributed by atoms with Gasteiger partial charge < -0.3 is 30.7 Å². The van der Waals surface area contributed by atoms with Crippen LogP contribution in [0.4, 0.5) is 0 Å². The van der Waals surface area contributed by atoms with Gasteiger partial charge in [0, 0.05) is 29.9 Å². The molecule has 1 aromatic carbocycles. The van der Waals surface area contributed by atoms with Crippen molar-refractivity contribution in [3.8, 4) is 0 Å². The second-order valence-corrected chi connectivity index (χ2v) is 15.1. The molecule has 0 spiro atoms. The van der Waals surface area contributed by atoms with Crippen molar-refractivity contribution < 1.29 is 30.0 Å². The van der Waals surface area contributed by atoms with Crippen LogP contribution in [-0.4, -0.2) is 61.6 Å². The number of H-pyrrole nitrogens is 1. The van der Waals surface area contributed by atoms with Crippen molar-refractivity contribution in [3.63, 3.8) is 0 Å². The first-order valence-corrected chi connectivity index (χ1v) is 16.6. The van der Waals surface area contributed by atoms with Crippen LogP contribution in [0.25, 0.3) is 10.9 Å². The van der Waals surface area contributed by atoms with E-state index >= 15 is 0 Å². The smallest absolute Gasteiger partial charge is 0.326 e. The Kier molecular flexibility index (Phi) is 8.18. The minimum atomic E-state index is -1.04. The van der Waals surface area contributed by atoms with Gasteiger partial charge in [0.2, 0.25) is 5.91 Å². The zero-order valence-electron chi connectivity index (χ0n) is 25.8. The summed E-state index contributed by atoms with van der Waals surface area (Å²) in [5.41, 5.74) is 1.80. The summed E-state index contributed by atoms with van der Waals surface area (Å²) in [6.45, 7) is 6.90. The van der Waals surface area contributed by atoms with Crippen LogP contribution in [0.1, 0.15) is 84.1 Å². The minimum Gasteiger partial charge on any atom is -0.480 e. The van der Waals surface area contributed by atoms with Crippen molar-refractivity contribution in [2.45, 2.75) is 109 Å². The van der Waals surface area contributed by atoms with Gasteiger partial charge >= 0.3 is 5.97 Å². The standard InChI is InChI=1S/C35H50N2O6/c1-19(8-11-29(39)37-28(33(42)43)16-20-18-36-27-7-5-4-6-22(20)27)23-9-10-24-30-25(13-15-34(23,24)2)35(3)14-12-21(38)17-26(35)31(40)32(30)41/h4-7,18-19,21,23-26,28,30-32,36,38,40-41H,8-17H2,1-3H3,(H,37,39)(H,42,43)/t19-,21-,23-,24+,25+,26+,28+,30+,31+,32-,34-,35-/m1/s1. The number of carbonyl (C=O) groups is 2. The van der Waals surface area contributed by atoms with Crippen molar-refractivity contribution >= 4 is 22.8 Å². The maximum Gasteiger partial charge on any atom is 0.326 e. The molecule has 0 bridgehead atoms. The van der Waals surface area contributed by atoms with Crippen LogP contribution in [0, 0.1) is 46.3 Å². The monoisotopic (exact) mass is 594 g/mol. The van der Waals surface area contributed by atoms with Gasteiger partial charge in [0.25, 0.3) is 0 Å². The number of nitrogens with one attached hydrogen (secondary N) is 2. The molecule has 4 fully saturated rings. The van der Waals surface area contributed by atoms with Crippen molar-refractivity contribution in [2.75, 3.05) is 0 Å². The Morgan fingerprint density at radius 2 is 1.70 bits per heavy atom. The van der Waals surface area contributed by atoms with Gasteiger partial charge in [-0.05, 0) is 109 Å². The van der Waals surface area contributed by atoms with E-state index in [2.05, 4.69) is 31.1 Å². The van der Waals surface area contributed by atoms with E-state index < -0.39 is 30.3 Å². The molecule has 0 unspecified atom stereocenters. The molecule has 8 heteroatoms. The normalized spacial score (nSPS) is 40.2. The van der Waals surface area contributed by atoms with Crippen LogP contribution in [-0.2, 0) is 16.0 Å². The number of carboxylic acid groups (broad SMARTS) is 1. The van der Waals surface area contributed by atoms with Crippen LogP contribution in [0.15, 0.2) is 30.5 Å². The second-order valence-electron chi connectivity index (χ2n) is 15.1. The number of aliphatic carboxylic acids is 1. The van der Waals surface area contributed by atoms with Gasteiger partial charge in [0.1, 0.15) is 6.04 Å². The predicted molar refractivity (Wildman–Crippen MR) is 164 cm³/mol. The van der Waals surface area contributed by atoms with E-state index in [-0.39, 0.29) is 47.3 Å². The first kappa shape index (κ1) is 30.6. The number of hydrogen-bond donors (Lipinski definition) is 6. The van der Waals surface area contributed by atoms with E-state index in [4.69, 9.17) is 0 Å². The summed E-state index contributed by atoms with van der Waals surface area (Å²) >= 11 is 0. The number of benzene rings is 1. The van der Waals surface area contributed by atoms with E-state index in [9.17, 15) is 30.0 Å². The fourth-order valence-corrected chi connectivity index (χ4v) is 10.8. The van der Waals surface area contributed by atoms with E-state index in [1.807, 2.05) is 30.5 Å². The number of aliphatic hydroxyl groups excluding tert-OH is 3. The van der Waals surface area contributed by atoms with Crippen LogP contribution < -0.4 is 5.32 Å². The zero-order chi connectivity index (χ0) is 30.7. The van der Waals surface area contributed by atoms with Gasteiger partial charge in [-0.25, -0.2) is 4.79 Å². The first-order chi connectivity index (χ1) is 20.4. The number of carbonyl (C=O) groups excluding carboxylic acids is 1. The molecule has 4 saturated carbocycles. The molecular weight excluding hydrogens is 544 g/mol. The maximum absolute atomic E-state index is 13.0. The molecule has 4 aliphatic rings. The van der Waals surface area contributed by atoms with Crippen molar-refractivity contribution in [1.29, 1.82) is 0 Å². The number of carboxylic acids is 1. The molecule has 4 aliphatic carbocycles. The molecule has 8 nitrogen and oxygen atoms in total. The lowest BCUT2D eigenvalue weighted by Crippen LogP contribution is -2.64. The number of para-hydroxylation sites is 1. The summed E-state index contributed by atoms with van der Waals surface area (Å²) in [5.74, 6) is 0.117. The predicted octanol–water partition coefficient (Wildman–Crippen LogP) is 4.66. The van der Waals surface area contributed by atoms with Gasteiger partial charge in [-0.1, -0.05) is 39.0 Å². The highest BCUT2D eigenvalue weighted by molar-refractivity contribution is 5.86. The number of aliphatic hydroxyl groups is 3. The third kappa shape index (κ3) is 5.21. The third-order valence-electron chi connectivity index (χ3n) is 13.0. The van der Waals surface area contributed by atoms with Crippen molar-refractivity contribution in [3.05, 3.63) is 36.0 Å². The molecule has 6 N–H and O–H groups in total. The molecule has 1 heterocycles. The molecule has 1 amide bonds. The molecule has 6 rings (SSSR count). The molecule has 1 aromatic heterocycles. The van der Waals surface area contributed by atoms with E-state index in [1.165, 1.54) is 0 Å². The van der Waals surface area contributed by atoms with Crippen LogP contribution >= 0.6 is 0 Å². The van der Waals surface area contributed by atoms with Gasteiger partial charge in [0.15, 0.2) is 0 Å². The maximum atomic E-state index is 13.0. The summed E-state index contributed by atoms with van der Waals surface area (Å²) in [6, 6.07) is 6.77. The third-order valence-corrected chi connectivity index (χ3v) is 13.0. The highest BCUT2D eigenvalue weighted by Gasteiger charge is 2.65. The fraction of sp³-hybridized carbons (Fsp3) is 0.714. The topological polar surface area (TPSA) is 143 Å². The first-order valence-electron chi connectivity index (χ1n) is 16.6. The summed E-state index contributed by atoms with van der Waals surface area (Å²) < 4.78 is 0. The van der Waals surface area contributed by atoms with Crippen LogP contribution in [0.5, 0.6) is 0 Å².